The Labute approximate surface area is 157 Å². The smallest absolute Gasteiger partial charge is 0.155 e. The fourth-order valence-corrected chi connectivity index (χ4v) is 7.36. The largest absolute Gasteiger partial charge is 0.396 e. The third-order valence-electron chi connectivity index (χ3n) is 8.76. The van der Waals surface area contributed by atoms with Gasteiger partial charge in [0.05, 0.1) is 12.0 Å². The van der Waals surface area contributed by atoms with Gasteiger partial charge in [-0.1, -0.05) is 31.1 Å². The molecule has 0 amide bonds. The Morgan fingerprint density at radius 2 is 2.12 bits per heavy atom. The number of carbonyl (C=O) groups is 1. The standard InChI is InChI=1S/C23H31NO2/c1-4-14-10-20-17-9-15(13-25)19-11-16(26)5-7-22(19,2)18(17)6-8-23(20,3)21(14)12-24/h4,11,15,17-18,20-21,25H,5-10,13H2,1-3H3/t15-,17-,18+,20+,21+,22-,23+/m1/s1. The van der Waals surface area contributed by atoms with Crippen molar-refractivity contribution in [3.63, 3.8) is 0 Å². The molecule has 0 spiro atoms. The van der Waals surface area contributed by atoms with Crippen LogP contribution < -0.4 is 0 Å². The highest BCUT2D eigenvalue weighted by atomic mass is 16.3. The lowest BCUT2D eigenvalue weighted by atomic mass is 9.45. The van der Waals surface area contributed by atoms with Gasteiger partial charge in [0.2, 0.25) is 0 Å². The average molecular weight is 354 g/mol. The lowest BCUT2D eigenvalue weighted by Gasteiger charge is -2.59. The normalized spacial score (nSPS) is 49.0. The van der Waals surface area contributed by atoms with Crippen LogP contribution in [0.3, 0.4) is 0 Å². The third kappa shape index (κ3) is 2.24. The highest BCUT2D eigenvalue weighted by Crippen LogP contribution is 2.68. The molecule has 0 aromatic carbocycles. The molecule has 140 valence electrons. The summed E-state index contributed by atoms with van der Waals surface area (Å²) in [4.78, 5) is 12.1. The molecule has 7 atom stereocenters. The van der Waals surface area contributed by atoms with Crippen LogP contribution >= 0.6 is 0 Å². The predicted molar refractivity (Wildman–Crippen MR) is 101 cm³/mol. The number of carbonyl (C=O) groups excluding carboxylic acids is 1. The van der Waals surface area contributed by atoms with Crippen LogP contribution in [0.5, 0.6) is 0 Å². The molecule has 0 heterocycles. The molecule has 4 aliphatic rings. The molecule has 3 fully saturated rings. The SMILES string of the molecule is CC=C1C[C@H]2[C@@H]3C[C@H](CO)C4=CC(=O)CC[C@]4(C)[C@H]3CC[C@]2(C)[C@H]1C#N. The van der Waals surface area contributed by atoms with Crippen molar-refractivity contribution in [3.8, 4) is 6.07 Å². The minimum atomic E-state index is 0.0451. The van der Waals surface area contributed by atoms with Crippen LogP contribution in [0, 0.1) is 51.8 Å². The van der Waals surface area contributed by atoms with Gasteiger partial charge in [-0.05, 0) is 73.7 Å². The van der Waals surface area contributed by atoms with E-state index in [9.17, 15) is 15.2 Å². The molecular formula is C23H31NO2. The van der Waals surface area contributed by atoms with Crippen LogP contribution in [0.1, 0.15) is 59.3 Å². The summed E-state index contributed by atoms with van der Waals surface area (Å²) in [6.07, 6.45) is 9.89. The first kappa shape index (κ1) is 18.0. The summed E-state index contributed by atoms with van der Waals surface area (Å²) in [5.74, 6) is 2.05. The second-order valence-corrected chi connectivity index (χ2v) is 9.65. The first-order valence-electron chi connectivity index (χ1n) is 10.3. The Hall–Kier alpha value is -1.40. The number of rotatable bonds is 1. The van der Waals surface area contributed by atoms with Crippen LogP contribution in [0.25, 0.3) is 0 Å². The maximum absolute atomic E-state index is 12.1. The van der Waals surface area contributed by atoms with Crippen LogP contribution in [0.2, 0.25) is 0 Å². The molecule has 0 bridgehead atoms. The summed E-state index contributed by atoms with van der Waals surface area (Å²) in [5.41, 5.74) is 2.67. The van der Waals surface area contributed by atoms with E-state index in [4.69, 9.17) is 0 Å². The van der Waals surface area contributed by atoms with Crippen molar-refractivity contribution in [2.45, 2.75) is 59.3 Å². The number of aliphatic hydroxyl groups excluding tert-OH is 1. The van der Waals surface area contributed by atoms with E-state index in [0.717, 1.165) is 32.1 Å². The van der Waals surface area contributed by atoms with Gasteiger partial charge < -0.3 is 5.11 Å². The van der Waals surface area contributed by atoms with E-state index in [1.165, 1.54) is 11.1 Å². The number of hydrogen-bond acceptors (Lipinski definition) is 3. The summed E-state index contributed by atoms with van der Waals surface area (Å²) in [6, 6.07) is 2.62. The van der Waals surface area contributed by atoms with Crippen LogP contribution in [0.15, 0.2) is 23.3 Å². The Balaban J connectivity index is 1.76. The predicted octanol–water partition coefficient (Wildman–Crippen LogP) is 4.43. The van der Waals surface area contributed by atoms with Gasteiger partial charge in [0, 0.05) is 18.9 Å². The van der Waals surface area contributed by atoms with Crippen molar-refractivity contribution in [2.75, 3.05) is 6.61 Å². The third-order valence-corrected chi connectivity index (χ3v) is 8.76. The molecular weight excluding hydrogens is 322 g/mol. The van der Waals surface area contributed by atoms with Crippen molar-refractivity contribution in [2.24, 2.45) is 40.4 Å². The van der Waals surface area contributed by atoms with E-state index in [1.54, 1.807) is 0 Å². The number of nitriles is 1. The van der Waals surface area contributed by atoms with Gasteiger partial charge in [-0.3, -0.25) is 4.79 Å². The van der Waals surface area contributed by atoms with E-state index in [-0.39, 0.29) is 35.1 Å². The number of nitrogens with zero attached hydrogens (tertiary/aromatic N) is 1. The highest BCUT2D eigenvalue weighted by molar-refractivity contribution is 5.91. The highest BCUT2D eigenvalue weighted by Gasteiger charge is 2.61. The zero-order valence-electron chi connectivity index (χ0n) is 16.3. The molecule has 3 saturated carbocycles. The fraction of sp³-hybridized carbons (Fsp3) is 0.739. The van der Waals surface area contributed by atoms with Gasteiger partial charge >= 0.3 is 0 Å². The van der Waals surface area contributed by atoms with Gasteiger partial charge in [0.25, 0.3) is 0 Å². The van der Waals surface area contributed by atoms with E-state index in [2.05, 4.69) is 32.9 Å². The Bertz CT molecular complexity index is 729. The van der Waals surface area contributed by atoms with Crippen molar-refractivity contribution >= 4 is 5.78 Å². The fourth-order valence-electron chi connectivity index (χ4n) is 7.36. The number of hydrogen-bond donors (Lipinski definition) is 1. The van der Waals surface area contributed by atoms with Crippen LogP contribution in [-0.2, 0) is 4.79 Å². The zero-order chi connectivity index (χ0) is 18.7. The summed E-state index contributed by atoms with van der Waals surface area (Å²) >= 11 is 0. The number of fused-ring (bicyclic) bond motifs is 5. The minimum Gasteiger partial charge on any atom is -0.396 e. The Morgan fingerprint density at radius 1 is 1.35 bits per heavy atom. The quantitative estimate of drug-likeness (QED) is 0.709. The number of aliphatic hydroxyl groups is 1. The molecule has 1 N–H and O–H groups in total. The van der Waals surface area contributed by atoms with Gasteiger partial charge in [-0.25, -0.2) is 0 Å². The molecule has 4 rings (SSSR count). The lowest BCUT2D eigenvalue weighted by Crippen LogP contribution is -2.53. The molecule has 0 saturated heterocycles. The Kier molecular flexibility index (Phi) is 4.19. The van der Waals surface area contributed by atoms with Crippen molar-refractivity contribution in [1.29, 1.82) is 5.26 Å². The molecule has 0 aliphatic heterocycles. The molecule has 0 radical (unpaired) electrons. The zero-order valence-corrected chi connectivity index (χ0v) is 16.3. The molecule has 0 aromatic rings. The minimum absolute atomic E-state index is 0.0451. The molecule has 0 aromatic heterocycles. The summed E-state index contributed by atoms with van der Waals surface area (Å²) < 4.78 is 0. The number of allylic oxidation sites excluding steroid dienone is 2. The van der Waals surface area contributed by atoms with Crippen molar-refractivity contribution in [1.82, 2.24) is 0 Å². The maximum atomic E-state index is 12.1. The summed E-state index contributed by atoms with van der Waals surface area (Å²) in [5, 5.41) is 20.0. The van der Waals surface area contributed by atoms with Crippen LogP contribution in [0.4, 0.5) is 0 Å². The second-order valence-electron chi connectivity index (χ2n) is 9.65. The van der Waals surface area contributed by atoms with Crippen molar-refractivity contribution < 1.29 is 9.90 Å². The van der Waals surface area contributed by atoms with E-state index >= 15 is 0 Å². The maximum Gasteiger partial charge on any atom is 0.155 e. The van der Waals surface area contributed by atoms with Crippen LogP contribution in [-0.4, -0.2) is 17.5 Å². The van der Waals surface area contributed by atoms with E-state index in [0.29, 0.717) is 24.2 Å². The van der Waals surface area contributed by atoms with Gasteiger partial charge in [0.15, 0.2) is 5.78 Å². The van der Waals surface area contributed by atoms with E-state index < -0.39 is 0 Å². The first-order valence-corrected chi connectivity index (χ1v) is 10.3. The van der Waals surface area contributed by atoms with Gasteiger partial charge in [0.1, 0.15) is 0 Å². The summed E-state index contributed by atoms with van der Waals surface area (Å²) in [7, 11) is 0. The molecule has 26 heavy (non-hydrogen) atoms. The molecule has 0 unspecified atom stereocenters. The number of ketones is 1. The van der Waals surface area contributed by atoms with Crippen molar-refractivity contribution in [3.05, 3.63) is 23.3 Å². The van der Waals surface area contributed by atoms with E-state index in [1.807, 2.05) is 6.08 Å². The van der Waals surface area contributed by atoms with Gasteiger partial charge in [-0.15, -0.1) is 0 Å². The molecule has 3 nitrogen and oxygen atoms in total. The monoisotopic (exact) mass is 353 g/mol. The Morgan fingerprint density at radius 3 is 2.77 bits per heavy atom. The topological polar surface area (TPSA) is 61.1 Å². The second kappa shape index (κ2) is 6.06. The van der Waals surface area contributed by atoms with Gasteiger partial charge in [-0.2, -0.15) is 5.26 Å². The first-order chi connectivity index (χ1) is 12.4. The average Bonchev–Trinajstić information content (AvgIpc) is 2.93. The summed E-state index contributed by atoms with van der Waals surface area (Å²) in [6.45, 7) is 6.90. The lowest BCUT2D eigenvalue weighted by molar-refractivity contribution is -0.118. The molecule has 4 aliphatic carbocycles. The molecule has 3 heteroatoms.